The zero-order valence-electron chi connectivity index (χ0n) is 20.6. The van der Waals surface area contributed by atoms with Crippen LogP contribution in [0.3, 0.4) is 0 Å². The molecule has 10 heteroatoms. The predicted octanol–water partition coefficient (Wildman–Crippen LogP) is 4.45. The van der Waals surface area contributed by atoms with Crippen molar-refractivity contribution in [1.82, 2.24) is 29.7 Å². The van der Waals surface area contributed by atoms with E-state index < -0.39 is 0 Å². The fraction of sp³-hybridized carbons (Fsp3) is 0.370. The molecule has 0 amide bonds. The van der Waals surface area contributed by atoms with E-state index in [0.29, 0.717) is 0 Å². The van der Waals surface area contributed by atoms with Crippen LogP contribution < -0.4 is 4.90 Å². The summed E-state index contributed by atoms with van der Waals surface area (Å²) in [5.41, 5.74) is 6.32. The Morgan fingerprint density at radius 1 is 0.946 bits per heavy atom. The van der Waals surface area contributed by atoms with E-state index in [4.69, 9.17) is 14.7 Å². The molecule has 4 aromatic heterocycles. The Labute approximate surface area is 223 Å². The van der Waals surface area contributed by atoms with Gasteiger partial charge in [0.15, 0.2) is 11.6 Å². The molecule has 0 bridgehead atoms. The first-order chi connectivity index (χ1) is 18.3. The topological polar surface area (TPSA) is 73.4 Å². The zero-order valence-corrected chi connectivity index (χ0v) is 22.2. The molecule has 37 heavy (non-hydrogen) atoms. The summed E-state index contributed by atoms with van der Waals surface area (Å²) >= 11 is 3.52. The zero-order chi connectivity index (χ0) is 24.6. The molecular formula is C27H29N7OS2. The molecule has 6 heterocycles. The number of anilines is 1. The Hall–Kier alpha value is -2.89. The van der Waals surface area contributed by atoms with Crippen LogP contribution >= 0.6 is 22.7 Å². The second kappa shape index (κ2) is 10.1. The van der Waals surface area contributed by atoms with E-state index in [-0.39, 0.29) is 0 Å². The highest BCUT2D eigenvalue weighted by atomic mass is 32.1. The third-order valence-corrected chi connectivity index (χ3v) is 9.00. The molecule has 0 radical (unpaired) electrons. The van der Waals surface area contributed by atoms with Crippen LogP contribution in [0.25, 0.3) is 32.5 Å². The van der Waals surface area contributed by atoms with Gasteiger partial charge >= 0.3 is 0 Å². The lowest BCUT2D eigenvalue weighted by Crippen LogP contribution is -2.45. The molecule has 2 fully saturated rings. The second-order valence-corrected chi connectivity index (χ2v) is 11.5. The summed E-state index contributed by atoms with van der Waals surface area (Å²) in [5, 5.41) is 3.31. The van der Waals surface area contributed by atoms with Gasteiger partial charge in [-0.15, -0.1) is 22.7 Å². The summed E-state index contributed by atoms with van der Waals surface area (Å²) in [6, 6.07) is 10.7. The molecule has 0 unspecified atom stereocenters. The summed E-state index contributed by atoms with van der Waals surface area (Å²) in [4.78, 5) is 26.8. The Kier molecular flexibility index (Phi) is 6.35. The molecule has 2 aliphatic heterocycles. The van der Waals surface area contributed by atoms with Gasteiger partial charge in [0.1, 0.15) is 0 Å². The van der Waals surface area contributed by atoms with Crippen molar-refractivity contribution in [2.24, 2.45) is 0 Å². The number of hydrogen-bond donors (Lipinski definition) is 1. The number of fused-ring (bicyclic) bond motifs is 2. The molecule has 2 aliphatic rings. The summed E-state index contributed by atoms with van der Waals surface area (Å²) < 4.78 is 6.83. The normalized spacial score (nSPS) is 17.8. The van der Waals surface area contributed by atoms with Crippen LogP contribution in [0.1, 0.15) is 10.6 Å². The fourth-order valence-corrected chi connectivity index (χ4v) is 7.01. The van der Waals surface area contributed by atoms with Crippen molar-refractivity contribution in [3.8, 4) is 11.4 Å². The predicted molar refractivity (Wildman–Crippen MR) is 150 cm³/mol. The summed E-state index contributed by atoms with van der Waals surface area (Å²) in [6.45, 7) is 9.38. The van der Waals surface area contributed by atoms with E-state index in [1.807, 2.05) is 23.0 Å². The third kappa shape index (κ3) is 4.75. The van der Waals surface area contributed by atoms with Gasteiger partial charge in [-0.2, -0.15) is 0 Å². The number of ether oxygens (including phenoxy) is 1. The van der Waals surface area contributed by atoms with Crippen LogP contribution in [0.2, 0.25) is 0 Å². The largest absolute Gasteiger partial charge is 0.378 e. The van der Waals surface area contributed by atoms with E-state index in [1.54, 1.807) is 11.3 Å². The van der Waals surface area contributed by atoms with E-state index in [0.717, 1.165) is 99.2 Å². The maximum Gasteiger partial charge on any atom is 0.162 e. The highest BCUT2D eigenvalue weighted by molar-refractivity contribution is 7.19. The average Bonchev–Trinajstić information content (AvgIpc) is 3.70. The first kappa shape index (κ1) is 23.2. The molecule has 7 rings (SSSR count). The highest BCUT2D eigenvalue weighted by Crippen LogP contribution is 2.36. The molecule has 1 N–H and O–H groups in total. The van der Waals surface area contributed by atoms with Gasteiger partial charge in [0.2, 0.25) is 0 Å². The van der Waals surface area contributed by atoms with Crippen molar-refractivity contribution >= 4 is 49.6 Å². The van der Waals surface area contributed by atoms with Crippen LogP contribution in [0.4, 0.5) is 5.82 Å². The lowest BCUT2D eigenvalue weighted by atomic mass is 10.1. The van der Waals surface area contributed by atoms with Gasteiger partial charge in [0, 0.05) is 85.3 Å². The summed E-state index contributed by atoms with van der Waals surface area (Å²) in [7, 11) is 0. The van der Waals surface area contributed by atoms with Crippen molar-refractivity contribution in [1.29, 1.82) is 0 Å². The quantitative estimate of drug-likeness (QED) is 0.347. The van der Waals surface area contributed by atoms with Crippen LogP contribution in [0.5, 0.6) is 0 Å². The number of piperazine rings is 1. The Morgan fingerprint density at radius 3 is 2.59 bits per heavy atom. The van der Waals surface area contributed by atoms with Crippen molar-refractivity contribution in [2.45, 2.75) is 13.1 Å². The minimum absolute atomic E-state index is 0.734. The van der Waals surface area contributed by atoms with E-state index in [2.05, 4.69) is 60.4 Å². The molecule has 2 saturated heterocycles. The first-order valence-corrected chi connectivity index (χ1v) is 14.6. The maximum absolute atomic E-state index is 5.64. The van der Waals surface area contributed by atoms with Gasteiger partial charge in [-0.05, 0) is 18.2 Å². The van der Waals surface area contributed by atoms with E-state index in [9.17, 15) is 0 Å². The number of aromatic nitrogens is 4. The van der Waals surface area contributed by atoms with Gasteiger partial charge in [-0.25, -0.2) is 15.0 Å². The molecular weight excluding hydrogens is 502 g/mol. The number of H-pyrrole nitrogens is 1. The number of aromatic amines is 1. The fourth-order valence-electron chi connectivity index (χ4n) is 5.30. The lowest BCUT2D eigenvalue weighted by molar-refractivity contribution is 0.122. The molecule has 0 saturated carbocycles. The minimum atomic E-state index is 0.734. The van der Waals surface area contributed by atoms with Gasteiger partial charge < -0.3 is 14.6 Å². The Balaban J connectivity index is 1.17. The minimum Gasteiger partial charge on any atom is -0.378 e. The molecule has 0 spiro atoms. The summed E-state index contributed by atoms with van der Waals surface area (Å²) in [6.07, 6.45) is 1.98. The second-order valence-electron chi connectivity index (χ2n) is 9.67. The van der Waals surface area contributed by atoms with Crippen LogP contribution in [-0.4, -0.2) is 82.2 Å². The monoisotopic (exact) mass is 531 g/mol. The Morgan fingerprint density at radius 2 is 1.78 bits per heavy atom. The molecule has 1 aromatic carbocycles. The van der Waals surface area contributed by atoms with Crippen LogP contribution in [0, 0.1) is 0 Å². The maximum atomic E-state index is 5.64. The van der Waals surface area contributed by atoms with Gasteiger partial charge in [0.25, 0.3) is 0 Å². The number of nitrogens with zero attached hydrogens (tertiary/aromatic N) is 6. The van der Waals surface area contributed by atoms with Gasteiger partial charge in [-0.1, -0.05) is 12.1 Å². The molecule has 0 atom stereocenters. The van der Waals surface area contributed by atoms with E-state index in [1.165, 1.54) is 15.3 Å². The van der Waals surface area contributed by atoms with E-state index >= 15 is 0 Å². The first-order valence-electron chi connectivity index (χ1n) is 12.8. The molecule has 190 valence electrons. The summed E-state index contributed by atoms with van der Waals surface area (Å²) in [5.74, 6) is 1.83. The van der Waals surface area contributed by atoms with Gasteiger partial charge in [0.05, 0.1) is 34.6 Å². The molecule has 8 nitrogen and oxygen atoms in total. The third-order valence-electron chi connectivity index (χ3n) is 7.26. The Bertz CT molecular complexity index is 1500. The lowest BCUT2D eigenvalue weighted by Gasteiger charge is -2.34. The number of morpholine rings is 1. The van der Waals surface area contributed by atoms with Crippen molar-refractivity contribution < 1.29 is 4.74 Å². The number of thiophene rings is 1. The van der Waals surface area contributed by atoms with Crippen LogP contribution in [0.15, 0.2) is 47.4 Å². The van der Waals surface area contributed by atoms with Crippen LogP contribution in [-0.2, 0) is 17.8 Å². The smallest absolute Gasteiger partial charge is 0.162 e. The average molecular weight is 532 g/mol. The molecule has 5 aromatic rings. The number of nitrogens with one attached hydrogen (secondary N) is 1. The van der Waals surface area contributed by atoms with Crippen molar-refractivity contribution in [3.63, 3.8) is 0 Å². The number of rotatable bonds is 6. The SMILES string of the molecule is c1cc(-c2nc(N3CCOCC3)c3sc(CN4CCN(Cc5cscn5)CC4)cc3n2)c2cc[nH]c2c1. The van der Waals surface area contributed by atoms with Gasteiger partial charge in [-0.3, -0.25) is 9.80 Å². The molecule has 0 aliphatic carbocycles. The standard InChI is InChI=1S/C27H29N7OS2/c1-2-22(21-4-5-28-23(21)3-1)26-30-24-14-20(37-25(24)27(31-26)34-10-12-35-13-11-34)16-33-8-6-32(7-9-33)15-19-17-36-18-29-19/h1-5,14,17-18,28H,6-13,15-16H2. The highest BCUT2D eigenvalue weighted by Gasteiger charge is 2.23. The number of hydrogen-bond acceptors (Lipinski definition) is 9. The number of thiazole rings is 1. The van der Waals surface area contributed by atoms with Crippen molar-refractivity contribution in [3.05, 3.63) is 58.0 Å². The van der Waals surface area contributed by atoms with Crippen molar-refractivity contribution in [2.75, 3.05) is 57.4 Å². The number of benzene rings is 1.